The summed E-state index contributed by atoms with van der Waals surface area (Å²) in [5.41, 5.74) is 2.58. The van der Waals surface area contributed by atoms with Gasteiger partial charge in [-0.3, -0.25) is 14.6 Å². The molecule has 1 aliphatic heterocycles. The number of amides is 2. The first-order valence-electron chi connectivity index (χ1n) is 8.77. The summed E-state index contributed by atoms with van der Waals surface area (Å²) >= 11 is 0. The van der Waals surface area contributed by atoms with Crippen molar-refractivity contribution in [3.8, 4) is 0 Å². The lowest BCUT2D eigenvalue weighted by atomic mass is 10.1. The Kier molecular flexibility index (Phi) is 5.43. The third kappa shape index (κ3) is 4.44. The predicted molar refractivity (Wildman–Crippen MR) is 97.7 cm³/mol. The summed E-state index contributed by atoms with van der Waals surface area (Å²) in [6, 6.07) is 10.8. The van der Waals surface area contributed by atoms with E-state index in [0.717, 1.165) is 50.0 Å². The maximum atomic E-state index is 12.7. The molecular weight excluding hydrogens is 314 g/mol. The zero-order valence-electron chi connectivity index (χ0n) is 14.5. The summed E-state index contributed by atoms with van der Waals surface area (Å²) in [5, 5.41) is 2.86. The number of aryl methyl sites for hydroxylation is 1. The summed E-state index contributed by atoms with van der Waals surface area (Å²) in [7, 11) is 0. The van der Waals surface area contributed by atoms with Gasteiger partial charge in [-0.1, -0.05) is 25.0 Å². The van der Waals surface area contributed by atoms with E-state index in [1.54, 1.807) is 12.1 Å². The third-order valence-corrected chi connectivity index (χ3v) is 4.41. The van der Waals surface area contributed by atoms with Crippen LogP contribution >= 0.6 is 0 Å². The molecule has 0 aliphatic carbocycles. The summed E-state index contributed by atoms with van der Waals surface area (Å²) in [4.78, 5) is 31.2. The third-order valence-electron chi connectivity index (χ3n) is 4.41. The van der Waals surface area contributed by atoms with Crippen LogP contribution in [0.4, 0.5) is 5.69 Å². The van der Waals surface area contributed by atoms with E-state index in [9.17, 15) is 9.59 Å². The Bertz CT molecular complexity index is 765. The number of benzene rings is 1. The minimum Gasteiger partial charge on any atom is -0.337 e. The van der Waals surface area contributed by atoms with Gasteiger partial charge < -0.3 is 10.2 Å². The number of carbonyl (C=O) groups excluding carboxylic acids is 2. The largest absolute Gasteiger partial charge is 0.337 e. The fourth-order valence-corrected chi connectivity index (χ4v) is 3.05. The Morgan fingerprint density at radius 2 is 1.80 bits per heavy atom. The van der Waals surface area contributed by atoms with Crippen molar-refractivity contribution in [3.63, 3.8) is 0 Å². The van der Waals surface area contributed by atoms with Gasteiger partial charge in [-0.05, 0) is 49.6 Å². The van der Waals surface area contributed by atoms with Crippen LogP contribution in [0.15, 0.2) is 42.6 Å². The second kappa shape index (κ2) is 7.92. The Morgan fingerprint density at radius 3 is 2.52 bits per heavy atom. The van der Waals surface area contributed by atoms with E-state index in [2.05, 4.69) is 10.3 Å². The molecule has 1 saturated heterocycles. The van der Waals surface area contributed by atoms with Crippen LogP contribution in [-0.2, 0) is 0 Å². The maximum absolute atomic E-state index is 12.7. The number of hydrogen-bond donors (Lipinski definition) is 1. The van der Waals surface area contributed by atoms with Gasteiger partial charge in [0.1, 0.15) is 5.69 Å². The standard InChI is InChI=1S/C20H23N3O2/c1-15-7-6-8-17(13-15)22-19(24)16-9-10-21-18(14-16)20(25)23-11-4-2-3-5-12-23/h6-10,13-14H,2-5,11-12H2,1H3,(H,22,24). The minimum atomic E-state index is -0.238. The van der Waals surface area contributed by atoms with Gasteiger partial charge in [0.15, 0.2) is 0 Å². The molecule has 0 unspecified atom stereocenters. The smallest absolute Gasteiger partial charge is 0.272 e. The molecule has 1 N–H and O–H groups in total. The number of aromatic nitrogens is 1. The van der Waals surface area contributed by atoms with Crippen molar-refractivity contribution >= 4 is 17.5 Å². The van der Waals surface area contributed by atoms with Gasteiger partial charge in [0.05, 0.1) is 0 Å². The molecule has 0 saturated carbocycles. The zero-order chi connectivity index (χ0) is 17.6. The van der Waals surface area contributed by atoms with Crippen molar-refractivity contribution in [2.45, 2.75) is 32.6 Å². The van der Waals surface area contributed by atoms with Gasteiger partial charge in [-0.2, -0.15) is 0 Å². The lowest BCUT2D eigenvalue weighted by Crippen LogP contribution is -2.32. The Balaban J connectivity index is 1.74. The summed E-state index contributed by atoms with van der Waals surface area (Å²) in [5.74, 6) is -0.329. The molecule has 5 nitrogen and oxygen atoms in total. The number of pyridine rings is 1. The van der Waals surface area contributed by atoms with E-state index in [1.165, 1.54) is 6.20 Å². The molecule has 25 heavy (non-hydrogen) atoms. The SMILES string of the molecule is Cc1cccc(NC(=O)c2ccnc(C(=O)N3CCCCCC3)c2)c1. The Labute approximate surface area is 148 Å². The highest BCUT2D eigenvalue weighted by atomic mass is 16.2. The molecule has 2 aromatic rings. The normalized spacial score (nSPS) is 14.7. The molecule has 0 radical (unpaired) electrons. The molecule has 0 bridgehead atoms. The summed E-state index contributed by atoms with van der Waals surface area (Å²) in [6.07, 6.45) is 5.90. The van der Waals surface area contributed by atoms with Crippen LogP contribution in [0.2, 0.25) is 0 Å². The van der Waals surface area contributed by atoms with Crippen LogP contribution in [0.1, 0.15) is 52.1 Å². The minimum absolute atomic E-state index is 0.0906. The summed E-state index contributed by atoms with van der Waals surface area (Å²) in [6.45, 7) is 3.50. The molecule has 5 heteroatoms. The molecule has 1 fully saturated rings. The predicted octanol–water partition coefficient (Wildman–Crippen LogP) is 3.66. The van der Waals surface area contributed by atoms with Crippen molar-refractivity contribution in [1.82, 2.24) is 9.88 Å². The number of anilines is 1. The first-order valence-corrected chi connectivity index (χ1v) is 8.77. The van der Waals surface area contributed by atoms with Gasteiger partial charge in [-0.15, -0.1) is 0 Å². The highest BCUT2D eigenvalue weighted by molar-refractivity contribution is 6.05. The molecule has 1 aromatic carbocycles. The van der Waals surface area contributed by atoms with Crippen LogP contribution in [0, 0.1) is 6.92 Å². The van der Waals surface area contributed by atoms with E-state index in [1.807, 2.05) is 36.1 Å². The molecule has 130 valence electrons. The Hall–Kier alpha value is -2.69. The van der Waals surface area contributed by atoms with Gasteiger partial charge in [-0.25, -0.2) is 0 Å². The van der Waals surface area contributed by atoms with E-state index < -0.39 is 0 Å². The number of hydrogen-bond acceptors (Lipinski definition) is 3. The van der Waals surface area contributed by atoms with E-state index in [0.29, 0.717) is 11.3 Å². The molecule has 2 heterocycles. The average molecular weight is 337 g/mol. The van der Waals surface area contributed by atoms with E-state index >= 15 is 0 Å². The van der Waals surface area contributed by atoms with Crippen LogP contribution in [0.25, 0.3) is 0 Å². The zero-order valence-corrected chi connectivity index (χ0v) is 14.5. The number of rotatable bonds is 3. The topological polar surface area (TPSA) is 62.3 Å². The fraction of sp³-hybridized carbons (Fsp3) is 0.350. The quantitative estimate of drug-likeness (QED) is 0.930. The number of likely N-dealkylation sites (tertiary alicyclic amines) is 1. The van der Waals surface area contributed by atoms with Gasteiger partial charge >= 0.3 is 0 Å². The average Bonchev–Trinajstić information content (AvgIpc) is 2.90. The molecule has 3 rings (SSSR count). The van der Waals surface area contributed by atoms with Gasteiger partial charge in [0.2, 0.25) is 0 Å². The van der Waals surface area contributed by atoms with Crippen molar-refractivity contribution < 1.29 is 9.59 Å². The maximum Gasteiger partial charge on any atom is 0.272 e. The molecule has 1 aliphatic rings. The van der Waals surface area contributed by atoms with Gasteiger partial charge in [0.25, 0.3) is 11.8 Å². The van der Waals surface area contributed by atoms with Crippen molar-refractivity contribution in [3.05, 3.63) is 59.4 Å². The Morgan fingerprint density at radius 1 is 1.04 bits per heavy atom. The second-order valence-corrected chi connectivity index (χ2v) is 6.46. The van der Waals surface area contributed by atoms with Crippen LogP contribution in [-0.4, -0.2) is 34.8 Å². The van der Waals surface area contributed by atoms with Crippen molar-refractivity contribution in [1.29, 1.82) is 0 Å². The van der Waals surface area contributed by atoms with Crippen LogP contribution in [0.5, 0.6) is 0 Å². The molecule has 0 spiro atoms. The van der Waals surface area contributed by atoms with E-state index in [-0.39, 0.29) is 11.8 Å². The van der Waals surface area contributed by atoms with Crippen LogP contribution in [0.3, 0.4) is 0 Å². The fourth-order valence-electron chi connectivity index (χ4n) is 3.05. The van der Waals surface area contributed by atoms with E-state index in [4.69, 9.17) is 0 Å². The number of nitrogens with zero attached hydrogens (tertiary/aromatic N) is 2. The van der Waals surface area contributed by atoms with Crippen molar-refractivity contribution in [2.24, 2.45) is 0 Å². The number of carbonyl (C=O) groups is 2. The summed E-state index contributed by atoms with van der Waals surface area (Å²) < 4.78 is 0. The number of nitrogens with one attached hydrogen (secondary N) is 1. The first kappa shape index (κ1) is 17.1. The second-order valence-electron chi connectivity index (χ2n) is 6.46. The highest BCUT2D eigenvalue weighted by Crippen LogP contribution is 2.15. The molecule has 1 aromatic heterocycles. The molecule has 2 amide bonds. The highest BCUT2D eigenvalue weighted by Gasteiger charge is 2.19. The monoisotopic (exact) mass is 337 g/mol. The van der Waals surface area contributed by atoms with Crippen molar-refractivity contribution in [2.75, 3.05) is 18.4 Å². The lowest BCUT2D eigenvalue weighted by Gasteiger charge is -2.19. The lowest BCUT2D eigenvalue weighted by molar-refractivity contribution is 0.0755. The molecule has 0 atom stereocenters. The van der Waals surface area contributed by atoms with Gasteiger partial charge in [0, 0.05) is 30.5 Å². The van der Waals surface area contributed by atoms with Crippen LogP contribution < -0.4 is 5.32 Å². The first-order chi connectivity index (χ1) is 12.1. The molecular formula is C20H23N3O2.